The molecular formula is C18H25N3O2. The first-order valence-corrected chi connectivity index (χ1v) is 7.83. The summed E-state index contributed by atoms with van der Waals surface area (Å²) in [5.41, 5.74) is 1.96. The lowest BCUT2D eigenvalue weighted by Crippen LogP contribution is -2.32. The lowest BCUT2D eigenvalue weighted by molar-refractivity contribution is 0.0534. The number of amides is 1. The van der Waals surface area contributed by atoms with Gasteiger partial charge in [0, 0.05) is 36.7 Å². The van der Waals surface area contributed by atoms with Crippen molar-refractivity contribution in [3.8, 4) is 0 Å². The highest BCUT2D eigenvalue weighted by atomic mass is 16.6. The van der Waals surface area contributed by atoms with Gasteiger partial charge in [0.05, 0.1) is 0 Å². The topological polar surface area (TPSA) is 66.2 Å². The highest BCUT2D eigenvalue weighted by molar-refractivity contribution is 5.82. The maximum atomic E-state index is 11.4. The summed E-state index contributed by atoms with van der Waals surface area (Å²) < 4.78 is 5.15. The molecule has 0 atom stereocenters. The Morgan fingerprint density at radius 3 is 2.78 bits per heavy atom. The predicted molar refractivity (Wildman–Crippen MR) is 93.4 cm³/mol. The van der Waals surface area contributed by atoms with Gasteiger partial charge >= 0.3 is 6.09 Å². The van der Waals surface area contributed by atoms with Gasteiger partial charge in [0.2, 0.25) is 0 Å². The minimum absolute atomic E-state index is 0.394. The van der Waals surface area contributed by atoms with Crippen molar-refractivity contribution >= 4 is 17.0 Å². The molecule has 1 aromatic heterocycles. The Morgan fingerprint density at radius 2 is 2.00 bits per heavy atom. The van der Waals surface area contributed by atoms with Crippen LogP contribution in [-0.4, -0.2) is 29.8 Å². The lowest BCUT2D eigenvalue weighted by Gasteiger charge is -2.19. The van der Waals surface area contributed by atoms with Crippen LogP contribution in [-0.2, 0) is 11.3 Å². The zero-order valence-corrected chi connectivity index (χ0v) is 14.0. The molecule has 2 aromatic rings. The van der Waals surface area contributed by atoms with Crippen LogP contribution in [0.3, 0.4) is 0 Å². The summed E-state index contributed by atoms with van der Waals surface area (Å²) in [6, 6.07) is 8.33. The van der Waals surface area contributed by atoms with E-state index in [1.165, 1.54) is 10.9 Å². The fourth-order valence-corrected chi connectivity index (χ4v) is 2.22. The van der Waals surface area contributed by atoms with E-state index in [1.54, 1.807) is 0 Å². The summed E-state index contributed by atoms with van der Waals surface area (Å²) in [6.45, 7) is 7.55. The Morgan fingerprint density at radius 1 is 1.22 bits per heavy atom. The van der Waals surface area contributed by atoms with Gasteiger partial charge in [-0.1, -0.05) is 24.3 Å². The van der Waals surface area contributed by atoms with E-state index in [-0.39, 0.29) is 0 Å². The zero-order valence-electron chi connectivity index (χ0n) is 14.0. The van der Waals surface area contributed by atoms with Crippen molar-refractivity contribution in [3.63, 3.8) is 0 Å². The predicted octanol–water partition coefficient (Wildman–Crippen LogP) is 3.34. The fraction of sp³-hybridized carbons (Fsp3) is 0.389. The summed E-state index contributed by atoms with van der Waals surface area (Å²) >= 11 is 0. The molecule has 0 aliphatic carbocycles. The van der Waals surface area contributed by atoms with Crippen molar-refractivity contribution in [3.05, 3.63) is 48.2 Å². The Bertz CT molecular complexity index is 668. The number of fused-ring (bicyclic) bond motifs is 1. The van der Waals surface area contributed by atoms with E-state index < -0.39 is 11.7 Å². The number of aromatic nitrogens is 1. The molecule has 1 amide bonds. The number of nitrogens with one attached hydrogen (secondary N) is 3. The smallest absolute Gasteiger partial charge is 0.407 e. The second-order valence-corrected chi connectivity index (χ2v) is 6.34. The van der Waals surface area contributed by atoms with Crippen molar-refractivity contribution in [1.82, 2.24) is 15.6 Å². The molecule has 5 heteroatoms. The molecule has 0 unspecified atom stereocenters. The highest BCUT2D eigenvalue weighted by Crippen LogP contribution is 2.16. The average Bonchev–Trinajstić information content (AvgIpc) is 2.93. The van der Waals surface area contributed by atoms with Crippen LogP contribution in [0.2, 0.25) is 0 Å². The van der Waals surface area contributed by atoms with E-state index in [2.05, 4.69) is 39.9 Å². The number of aromatic amines is 1. The third kappa shape index (κ3) is 5.79. The highest BCUT2D eigenvalue weighted by Gasteiger charge is 2.14. The van der Waals surface area contributed by atoms with Gasteiger partial charge in [-0.2, -0.15) is 0 Å². The van der Waals surface area contributed by atoms with E-state index >= 15 is 0 Å². The van der Waals surface area contributed by atoms with Crippen molar-refractivity contribution in [2.45, 2.75) is 32.9 Å². The summed E-state index contributed by atoms with van der Waals surface area (Å²) in [7, 11) is 0. The van der Waals surface area contributed by atoms with E-state index in [1.807, 2.05) is 39.1 Å². The van der Waals surface area contributed by atoms with Gasteiger partial charge in [-0.25, -0.2) is 4.79 Å². The molecule has 124 valence electrons. The van der Waals surface area contributed by atoms with E-state index in [0.29, 0.717) is 6.54 Å². The van der Waals surface area contributed by atoms with Crippen LogP contribution >= 0.6 is 0 Å². The Balaban J connectivity index is 1.66. The maximum absolute atomic E-state index is 11.4. The van der Waals surface area contributed by atoms with Gasteiger partial charge in [-0.05, 0) is 38.5 Å². The Kier molecular flexibility index (Phi) is 5.82. The molecule has 5 nitrogen and oxygen atoms in total. The number of hydrogen-bond donors (Lipinski definition) is 3. The third-order valence-electron chi connectivity index (χ3n) is 3.19. The van der Waals surface area contributed by atoms with Crippen LogP contribution in [0.5, 0.6) is 0 Å². The molecule has 1 aromatic carbocycles. The minimum Gasteiger partial charge on any atom is -0.444 e. The third-order valence-corrected chi connectivity index (χ3v) is 3.19. The summed E-state index contributed by atoms with van der Waals surface area (Å²) in [6.07, 6.45) is 5.47. The summed E-state index contributed by atoms with van der Waals surface area (Å²) in [5, 5.41) is 7.30. The molecule has 0 saturated heterocycles. The number of carbonyl (C=O) groups is 1. The molecule has 0 radical (unpaired) electrons. The van der Waals surface area contributed by atoms with E-state index in [4.69, 9.17) is 4.74 Å². The molecule has 23 heavy (non-hydrogen) atoms. The van der Waals surface area contributed by atoms with Gasteiger partial charge < -0.3 is 20.4 Å². The number of alkyl carbamates (subject to hydrolysis) is 1. The Labute approximate surface area is 137 Å². The standard InChI is InChI=1S/C18H25N3O2/c1-18(2,3)23-17(22)21-11-5-4-10-19-13-14-7-6-8-16-15(14)9-12-20-16/h4-9,12,19-20H,10-11,13H2,1-3H3,(H,21,22)/b5-4+. The van der Waals surface area contributed by atoms with Crippen LogP contribution in [0.15, 0.2) is 42.6 Å². The van der Waals surface area contributed by atoms with Crippen molar-refractivity contribution in [2.75, 3.05) is 13.1 Å². The molecule has 0 fully saturated rings. The lowest BCUT2D eigenvalue weighted by atomic mass is 10.1. The van der Waals surface area contributed by atoms with E-state index in [0.717, 1.165) is 18.6 Å². The first-order chi connectivity index (χ1) is 11.0. The van der Waals surface area contributed by atoms with Gasteiger partial charge in [-0.15, -0.1) is 0 Å². The molecule has 1 heterocycles. The van der Waals surface area contributed by atoms with Gasteiger partial charge in [0.25, 0.3) is 0 Å². The quantitative estimate of drug-likeness (QED) is 0.566. The van der Waals surface area contributed by atoms with E-state index in [9.17, 15) is 4.79 Å². The van der Waals surface area contributed by atoms with Gasteiger partial charge in [0.15, 0.2) is 0 Å². The van der Waals surface area contributed by atoms with Crippen LogP contribution < -0.4 is 10.6 Å². The monoisotopic (exact) mass is 315 g/mol. The average molecular weight is 315 g/mol. The normalized spacial score (nSPS) is 12.0. The van der Waals surface area contributed by atoms with Gasteiger partial charge in [-0.3, -0.25) is 0 Å². The Hall–Kier alpha value is -2.27. The number of H-pyrrole nitrogens is 1. The van der Waals surface area contributed by atoms with Crippen molar-refractivity contribution in [1.29, 1.82) is 0 Å². The van der Waals surface area contributed by atoms with Gasteiger partial charge in [0.1, 0.15) is 5.60 Å². The molecule has 0 saturated carbocycles. The molecule has 0 spiro atoms. The minimum atomic E-state index is -0.464. The number of benzene rings is 1. The SMILES string of the molecule is CC(C)(C)OC(=O)NC/C=C/CNCc1cccc2[nH]ccc12. The zero-order chi connectivity index (χ0) is 16.7. The molecule has 3 N–H and O–H groups in total. The van der Waals surface area contributed by atoms with Crippen LogP contribution in [0.1, 0.15) is 26.3 Å². The largest absolute Gasteiger partial charge is 0.444 e. The molecule has 0 aliphatic rings. The molecule has 0 bridgehead atoms. The molecule has 0 aliphatic heterocycles. The second kappa shape index (κ2) is 7.83. The molecule has 2 rings (SSSR count). The van der Waals surface area contributed by atoms with Crippen molar-refractivity contribution < 1.29 is 9.53 Å². The first-order valence-electron chi connectivity index (χ1n) is 7.83. The second-order valence-electron chi connectivity index (χ2n) is 6.34. The summed E-state index contributed by atoms with van der Waals surface area (Å²) in [4.78, 5) is 14.7. The number of carbonyl (C=O) groups excluding carboxylic acids is 1. The van der Waals surface area contributed by atoms with Crippen LogP contribution in [0, 0.1) is 0 Å². The maximum Gasteiger partial charge on any atom is 0.407 e. The van der Waals surface area contributed by atoms with Crippen molar-refractivity contribution in [2.24, 2.45) is 0 Å². The van der Waals surface area contributed by atoms with Crippen LogP contribution in [0.4, 0.5) is 4.79 Å². The van der Waals surface area contributed by atoms with Crippen LogP contribution in [0.25, 0.3) is 10.9 Å². The summed E-state index contributed by atoms with van der Waals surface area (Å²) in [5.74, 6) is 0. The number of hydrogen-bond acceptors (Lipinski definition) is 3. The first kappa shape index (κ1) is 17.1. The number of ether oxygens (including phenoxy) is 1. The number of rotatable bonds is 6. The fourth-order valence-electron chi connectivity index (χ4n) is 2.22. The molecular weight excluding hydrogens is 290 g/mol.